The summed E-state index contributed by atoms with van der Waals surface area (Å²) in [6.07, 6.45) is 1.50. The predicted molar refractivity (Wildman–Crippen MR) is 93.3 cm³/mol. The lowest BCUT2D eigenvalue weighted by Gasteiger charge is -2.09. The number of benzene rings is 2. The Morgan fingerprint density at radius 2 is 1.04 bits per heavy atom. The molecule has 0 atom stereocenters. The number of carbonyl (C=O) groups is 2. The van der Waals surface area contributed by atoms with E-state index < -0.39 is 0 Å². The van der Waals surface area contributed by atoms with Crippen LogP contribution in [0.1, 0.15) is 20.7 Å². The molecule has 0 bridgehead atoms. The second kappa shape index (κ2) is 5.66. The van der Waals surface area contributed by atoms with Gasteiger partial charge in [-0.3, -0.25) is 9.59 Å². The van der Waals surface area contributed by atoms with E-state index in [4.69, 9.17) is 0 Å². The van der Waals surface area contributed by atoms with Crippen LogP contribution in [0.15, 0.2) is 60.7 Å². The Morgan fingerprint density at radius 1 is 0.625 bits per heavy atom. The van der Waals surface area contributed by atoms with Crippen molar-refractivity contribution in [1.29, 1.82) is 0 Å². The van der Waals surface area contributed by atoms with Crippen LogP contribution < -0.4 is 0 Å². The first kappa shape index (κ1) is 14.2. The van der Waals surface area contributed by atoms with Crippen LogP contribution in [0.2, 0.25) is 0 Å². The highest BCUT2D eigenvalue weighted by molar-refractivity contribution is 5.98. The van der Waals surface area contributed by atoms with Gasteiger partial charge in [0.05, 0.1) is 11.0 Å². The summed E-state index contributed by atoms with van der Waals surface area (Å²) < 4.78 is 0. The minimum atomic E-state index is 0.416. The molecule has 0 saturated carbocycles. The molecule has 0 aliphatic heterocycles. The van der Waals surface area contributed by atoms with E-state index in [1.54, 1.807) is 12.1 Å². The molecule has 0 fully saturated rings. The third-order valence-corrected chi connectivity index (χ3v) is 3.99. The Morgan fingerprint density at radius 3 is 1.46 bits per heavy atom. The maximum atomic E-state index is 11.6. The molecule has 4 nitrogen and oxygen atoms in total. The molecule has 0 spiro atoms. The topological polar surface area (TPSA) is 59.9 Å². The van der Waals surface area contributed by atoms with E-state index in [1.165, 1.54) is 0 Å². The van der Waals surface area contributed by atoms with Gasteiger partial charge in [-0.1, -0.05) is 36.4 Å². The Bertz CT molecular complexity index is 1010. The molecule has 24 heavy (non-hydrogen) atoms. The van der Waals surface area contributed by atoms with Gasteiger partial charge in [0.1, 0.15) is 11.4 Å². The fourth-order valence-electron chi connectivity index (χ4n) is 2.82. The minimum Gasteiger partial charge on any atom is -0.298 e. The van der Waals surface area contributed by atoms with Crippen molar-refractivity contribution in [3.8, 4) is 11.4 Å². The Labute approximate surface area is 137 Å². The summed E-state index contributed by atoms with van der Waals surface area (Å²) in [5.41, 5.74) is 3.20. The largest absolute Gasteiger partial charge is 0.298 e. The first-order chi connectivity index (χ1) is 11.8. The quantitative estimate of drug-likeness (QED) is 0.535. The van der Waals surface area contributed by atoms with Crippen LogP contribution >= 0.6 is 0 Å². The molecule has 4 rings (SSSR count). The van der Waals surface area contributed by atoms with Crippen molar-refractivity contribution < 1.29 is 9.59 Å². The number of para-hydroxylation sites is 2. The molecule has 4 heteroatoms. The molecular weight excluding hydrogens is 300 g/mol. The number of carbonyl (C=O) groups excluding carboxylic acids is 2. The summed E-state index contributed by atoms with van der Waals surface area (Å²) in [7, 11) is 0. The van der Waals surface area contributed by atoms with E-state index in [2.05, 4.69) is 9.97 Å². The highest BCUT2D eigenvalue weighted by atomic mass is 16.1. The first-order valence-corrected chi connectivity index (χ1v) is 7.50. The average Bonchev–Trinajstić information content (AvgIpc) is 2.65. The van der Waals surface area contributed by atoms with Crippen molar-refractivity contribution in [3.63, 3.8) is 0 Å². The van der Waals surface area contributed by atoms with Gasteiger partial charge < -0.3 is 0 Å². The molecule has 0 aliphatic rings. The molecule has 0 unspecified atom stereocenters. The summed E-state index contributed by atoms with van der Waals surface area (Å²) in [5, 5.41) is 1.74. The predicted octanol–water partition coefficient (Wildman–Crippen LogP) is 4.08. The third-order valence-electron chi connectivity index (χ3n) is 3.99. The summed E-state index contributed by atoms with van der Waals surface area (Å²) in [5.74, 6) is 0. The highest BCUT2D eigenvalue weighted by Gasteiger charge is 2.15. The van der Waals surface area contributed by atoms with Gasteiger partial charge in [-0.25, -0.2) is 9.97 Å². The molecule has 0 saturated heterocycles. The van der Waals surface area contributed by atoms with E-state index in [1.807, 2.05) is 48.5 Å². The van der Waals surface area contributed by atoms with Crippen LogP contribution in [0.4, 0.5) is 0 Å². The number of nitrogens with zero attached hydrogens (tertiary/aromatic N) is 2. The molecule has 2 aromatic heterocycles. The van der Waals surface area contributed by atoms with Gasteiger partial charge in [0.15, 0.2) is 12.6 Å². The molecule has 4 aromatic rings. The SMILES string of the molecule is O=Cc1cc2ccccc2nc1-c1nc2ccccc2cc1C=O. The number of hydrogen-bond donors (Lipinski definition) is 0. The minimum absolute atomic E-state index is 0.416. The van der Waals surface area contributed by atoms with Gasteiger partial charge in [0.2, 0.25) is 0 Å². The second-order valence-electron chi connectivity index (χ2n) is 5.47. The zero-order valence-electron chi connectivity index (χ0n) is 12.6. The number of aldehydes is 2. The fourth-order valence-corrected chi connectivity index (χ4v) is 2.82. The van der Waals surface area contributed by atoms with Gasteiger partial charge in [-0.05, 0) is 24.3 Å². The summed E-state index contributed by atoms with van der Waals surface area (Å²) in [6.45, 7) is 0. The maximum Gasteiger partial charge on any atom is 0.152 e. The average molecular weight is 312 g/mol. The highest BCUT2D eigenvalue weighted by Crippen LogP contribution is 2.28. The van der Waals surface area contributed by atoms with E-state index in [0.29, 0.717) is 22.5 Å². The summed E-state index contributed by atoms with van der Waals surface area (Å²) >= 11 is 0. The Balaban J connectivity index is 2.07. The monoisotopic (exact) mass is 312 g/mol. The molecular formula is C20H12N2O2. The Kier molecular flexibility index (Phi) is 3.35. The van der Waals surface area contributed by atoms with Crippen molar-refractivity contribution in [3.05, 3.63) is 71.8 Å². The zero-order valence-corrected chi connectivity index (χ0v) is 12.6. The second-order valence-corrected chi connectivity index (χ2v) is 5.47. The molecule has 0 amide bonds. The third kappa shape index (κ3) is 2.25. The molecule has 0 N–H and O–H groups in total. The number of hydrogen-bond acceptors (Lipinski definition) is 4. The van der Waals surface area contributed by atoms with E-state index in [-0.39, 0.29) is 0 Å². The lowest BCUT2D eigenvalue weighted by molar-refractivity contribution is 0.111. The van der Waals surface area contributed by atoms with Crippen molar-refractivity contribution in [2.24, 2.45) is 0 Å². The van der Waals surface area contributed by atoms with Crippen LogP contribution in [-0.2, 0) is 0 Å². The van der Waals surface area contributed by atoms with Gasteiger partial charge in [0, 0.05) is 21.9 Å². The van der Waals surface area contributed by atoms with Crippen LogP contribution in [0.25, 0.3) is 33.2 Å². The molecule has 2 heterocycles. The van der Waals surface area contributed by atoms with Gasteiger partial charge >= 0.3 is 0 Å². The normalized spacial score (nSPS) is 10.8. The molecule has 0 radical (unpaired) electrons. The number of aromatic nitrogens is 2. The van der Waals surface area contributed by atoms with Crippen LogP contribution in [-0.4, -0.2) is 22.5 Å². The fraction of sp³-hybridized carbons (Fsp3) is 0. The van der Waals surface area contributed by atoms with Crippen molar-refractivity contribution in [1.82, 2.24) is 9.97 Å². The zero-order chi connectivity index (χ0) is 16.5. The lowest BCUT2D eigenvalue weighted by Crippen LogP contribution is -2.00. The van der Waals surface area contributed by atoms with Crippen molar-refractivity contribution >= 4 is 34.4 Å². The van der Waals surface area contributed by atoms with Gasteiger partial charge in [-0.15, -0.1) is 0 Å². The molecule has 114 valence electrons. The van der Waals surface area contributed by atoms with Gasteiger partial charge in [-0.2, -0.15) is 0 Å². The Hall–Kier alpha value is -3.40. The number of fused-ring (bicyclic) bond motifs is 2. The standard InChI is InChI=1S/C20H12N2O2/c23-11-15-9-13-5-1-3-7-17(13)21-19(15)20-16(12-24)10-14-6-2-4-8-18(14)22-20/h1-12H. The van der Waals surface area contributed by atoms with Gasteiger partial charge in [0.25, 0.3) is 0 Å². The molecule has 0 aliphatic carbocycles. The summed E-state index contributed by atoms with van der Waals surface area (Å²) in [4.78, 5) is 32.3. The summed E-state index contributed by atoms with van der Waals surface area (Å²) in [6, 6.07) is 18.6. The van der Waals surface area contributed by atoms with Crippen molar-refractivity contribution in [2.75, 3.05) is 0 Å². The van der Waals surface area contributed by atoms with E-state index in [9.17, 15) is 9.59 Å². The maximum absolute atomic E-state index is 11.6. The van der Waals surface area contributed by atoms with Crippen LogP contribution in [0.3, 0.4) is 0 Å². The van der Waals surface area contributed by atoms with Crippen LogP contribution in [0, 0.1) is 0 Å². The lowest BCUT2D eigenvalue weighted by atomic mass is 10.0. The van der Waals surface area contributed by atoms with E-state index in [0.717, 1.165) is 34.4 Å². The van der Waals surface area contributed by atoms with Crippen LogP contribution in [0.5, 0.6) is 0 Å². The first-order valence-electron chi connectivity index (χ1n) is 7.50. The molecule has 2 aromatic carbocycles. The number of pyridine rings is 2. The number of rotatable bonds is 3. The van der Waals surface area contributed by atoms with Crippen molar-refractivity contribution in [2.45, 2.75) is 0 Å². The smallest absolute Gasteiger partial charge is 0.152 e. The van der Waals surface area contributed by atoms with E-state index >= 15 is 0 Å².